The topological polar surface area (TPSA) is 64.1 Å². The predicted octanol–water partition coefficient (Wildman–Crippen LogP) is 1.47. The van der Waals surface area contributed by atoms with Crippen LogP contribution >= 0.6 is 0 Å². The molecule has 1 heterocycles. The van der Waals surface area contributed by atoms with Gasteiger partial charge in [-0.15, -0.1) is 0 Å². The molecule has 0 radical (unpaired) electrons. The zero-order valence-electron chi connectivity index (χ0n) is 10.7. The van der Waals surface area contributed by atoms with Crippen LogP contribution in [-0.4, -0.2) is 28.1 Å². The van der Waals surface area contributed by atoms with Gasteiger partial charge in [-0.05, 0) is 27.7 Å². The van der Waals surface area contributed by atoms with Crippen LogP contribution in [0, 0.1) is 0 Å². The van der Waals surface area contributed by atoms with E-state index < -0.39 is 5.60 Å². The quantitative estimate of drug-likeness (QED) is 0.803. The molecule has 0 amide bonds. The molecule has 0 fully saturated rings. The van der Waals surface area contributed by atoms with Gasteiger partial charge in [0.25, 0.3) is 0 Å². The van der Waals surface area contributed by atoms with Crippen molar-refractivity contribution in [3.8, 4) is 0 Å². The summed E-state index contributed by atoms with van der Waals surface area (Å²) in [7, 11) is 0. The molecule has 0 aromatic carbocycles. The number of hydrogen-bond donors (Lipinski definition) is 1. The molecular weight excluding hydrogens is 218 g/mol. The van der Waals surface area contributed by atoms with E-state index in [0.29, 0.717) is 0 Å². The third kappa shape index (κ3) is 5.40. The third-order valence-corrected chi connectivity index (χ3v) is 2.00. The van der Waals surface area contributed by atoms with Gasteiger partial charge in [-0.2, -0.15) is 0 Å². The first kappa shape index (κ1) is 13.6. The summed E-state index contributed by atoms with van der Waals surface area (Å²) in [4.78, 5) is 19.6. The number of nitrogens with zero attached hydrogens (tertiary/aromatic N) is 2. The van der Waals surface area contributed by atoms with E-state index in [1.807, 2.05) is 27.7 Å². The van der Waals surface area contributed by atoms with E-state index >= 15 is 0 Å². The van der Waals surface area contributed by atoms with Crippen molar-refractivity contribution in [2.24, 2.45) is 0 Å². The molecule has 0 aliphatic carbocycles. The molecule has 1 unspecified atom stereocenters. The van der Waals surface area contributed by atoms with E-state index in [2.05, 4.69) is 15.3 Å². The zero-order valence-corrected chi connectivity index (χ0v) is 10.7. The molecule has 5 heteroatoms. The number of esters is 1. The molecule has 1 aromatic heterocycles. The molecule has 1 rings (SSSR count). The molecule has 94 valence electrons. The Kier molecular flexibility index (Phi) is 4.57. The van der Waals surface area contributed by atoms with Crippen LogP contribution in [0.3, 0.4) is 0 Å². The van der Waals surface area contributed by atoms with Crippen molar-refractivity contribution in [1.29, 1.82) is 0 Å². The van der Waals surface area contributed by atoms with Crippen LogP contribution in [0.25, 0.3) is 0 Å². The predicted molar refractivity (Wildman–Crippen MR) is 64.3 cm³/mol. The maximum Gasteiger partial charge on any atom is 0.320 e. The van der Waals surface area contributed by atoms with Crippen LogP contribution in [0.5, 0.6) is 0 Å². The highest BCUT2D eigenvalue weighted by atomic mass is 16.6. The highest BCUT2D eigenvalue weighted by Gasteiger charge is 2.17. The number of nitrogens with one attached hydrogen (secondary N) is 1. The summed E-state index contributed by atoms with van der Waals surface area (Å²) < 4.78 is 5.19. The minimum Gasteiger partial charge on any atom is -0.459 e. The number of carbonyl (C=O) groups excluding carboxylic acids is 1. The van der Waals surface area contributed by atoms with Crippen molar-refractivity contribution >= 4 is 5.97 Å². The van der Waals surface area contributed by atoms with Crippen molar-refractivity contribution in [1.82, 2.24) is 15.3 Å². The van der Waals surface area contributed by atoms with Gasteiger partial charge in [-0.1, -0.05) is 0 Å². The first-order chi connectivity index (χ1) is 7.88. The van der Waals surface area contributed by atoms with Crippen molar-refractivity contribution in [3.63, 3.8) is 0 Å². The maximum atomic E-state index is 11.5. The first-order valence-electron chi connectivity index (χ1n) is 5.59. The summed E-state index contributed by atoms with van der Waals surface area (Å²) in [5.41, 5.74) is 0.352. The first-order valence-corrected chi connectivity index (χ1v) is 5.59. The summed E-state index contributed by atoms with van der Waals surface area (Å²) in [6.07, 6.45) is 4.91. The summed E-state index contributed by atoms with van der Waals surface area (Å²) >= 11 is 0. The van der Waals surface area contributed by atoms with Crippen molar-refractivity contribution < 1.29 is 9.53 Å². The Hall–Kier alpha value is -1.49. The van der Waals surface area contributed by atoms with Gasteiger partial charge in [0.2, 0.25) is 0 Å². The fourth-order valence-electron chi connectivity index (χ4n) is 1.25. The van der Waals surface area contributed by atoms with E-state index in [1.54, 1.807) is 18.6 Å². The lowest BCUT2D eigenvalue weighted by Crippen LogP contribution is -2.32. The molecule has 1 atom stereocenters. The highest BCUT2D eigenvalue weighted by Crippen LogP contribution is 2.08. The van der Waals surface area contributed by atoms with E-state index in [4.69, 9.17) is 4.74 Å². The number of rotatable bonds is 4. The molecule has 0 aliphatic rings. The Morgan fingerprint density at radius 2 is 2.18 bits per heavy atom. The second kappa shape index (κ2) is 5.72. The van der Waals surface area contributed by atoms with Crippen molar-refractivity contribution in [2.75, 3.05) is 6.54 Å². The zero-order chi connectivity index (χ0) is 12.9. The summed E-state index contributed by atoms with van der Waals surface area (Å²) in [6, 6.07) is -0.0313. The Morgan fingerprint density at radius 1 is 1.47 bits per heavy atom. The molecule has 0 spiro atoms. The fraction of sp³-hybridized carbons (Fsp3) is 0.583. The molecule has 0 saturated heterocycles. The number of carbonyl (C=O) groups is 1. The summed E-state index contributed by atoms with van der Waals surface area (Å²) in [5, 5.41) is 3.04. The average Bonchev–Trinajstić information content (AvgIpc) is 2.25. The van der Waals surface area contributed by atoms with Gasteiger partial charge in [0.1, 0.15) is 5.60 Å². The SMILES string of the molecule is CC(NCC(=O)OC(C)(C)C)c1cnccn1. The van der Waals surface area contributed by atoms with Gasteiger partial charge >= 0.3 is 5.97 Å². The Morgan fingerprint density at radius 3 is 2.71 bits per heavy atom. The van der Waals surface area contributed by atoms with Crippen LogP contribution in [-0.2, 0) is 9.53 Å². The molecule has 0 saturated carbocycles. The summed E-state index contributed by atoms with van der Waals surface area (Å²) in [5.74, 6) is -0.270. The van der Waals surface area contributed by atoms with Crippen molar-refractivity contribution in [3.05, 3.63) is 24.3 Å². The Labute approximate surface area is 102 Å². The molecule has 1 N–H and O–H groups in total. The average molecular weight is 237 g/mol. The van der Waals surface area contributed by atoms with E-state index in [-0.39, 0.29) is 18.6 Å². The van der Waals surface area contributed by atoms with Gasteiger partial charge in [-0.25, -0.2) is 0 Å². The van der Waals surface area contributed by atoms with Crippen LogP contribution in [0.15, 0.2) is 18.6 Å². The van der Waals surface area contributed by atoms with E-state index in [0.717, 1.165) is 5.69 Å². The second-order valence-corrected chi connectivity index (χ2v) is 4.82. The number of hydrogen-bond acceptors (Lipinski definition) is 5. The number of aromatic nitrogens is 2. The molecule has 1 aromatic rings. The second-order valence-electron chi connectivity index (χ2n) is 4.82. The highest BCUT2D eigenvalue weighted by molar-refractivity contribution is 5.72. The Balaban J connectivity index is 2.39. The standard InChI is InChI=1S/C12H19N3O2/c1-9(10-7-13-5-6-14-10)15-8-11(16)17-12(2,3)4/h5-7,9,15H,8H2,1-4H3. The molecule has 5 nitrogen and oxygen atoms in total. The maximum absolute atomic E-state index is 11.5. The van der Waals surface area contributed by atoms with Crippen LogP contribution in [0.1, 0.15) is 39.4 Å². The lowest BCUT2D eigenvalue weighted by atomic mass is 10.2. The van der Waals surface area contributed by atoms with Gasteiger partial charge in [-0.3, -0.25) is 20.1 Å². The molecule has 17 heavy (non-hydrogen) atoms. The molecule has 0 bridgehead atoms. The van der Waals surface area contributed by atoms with Crippen LogP contribution in [0.4, 0.5) is 0 Å². The van der Waals surface area contributed by atoms with Gasteiger partial charge in [0, 0.05) is 24.6 Å². The van der Waals surface area contributed by atoms with Crippen LogP contribution in [0.2, 0.25) is 0 Å². The monoisotopic (exact) mass is 237 g/mol. The normalized spacial score (nSPS) is 13.2. The fourth-order valence-corrected chi connectivity index (χ4v) is 1.25. The lowest BCUT2D eigenvalue weighted by molar-refractivity contribution is -0.153. The van der Waals surface area contributed by atoms with Gasteiger partial charge in [0.15, 0.2) is 0 Å². The Bertz CT molecular complexity index is 360. The lowest BCUT2D eigenvalue weighted by Gasteiger charge is -2.20. The van der Waals surface area contributed by atoms with E-state index in [9.17, 15) is 4.79 Å². The largest absolute Gasteiger partial charge is 0.459 e. The van der Waals surface area contributed by atoms with Crippen molar-refractivity contribution in [2.45, 2.75) is 39.3 Å². The van der Waals surface area contributed by atoms with E-state index in [1.165, 1.54) is 0 Å². The van der Waals surface area contributed by atoms with Gasteiger partial charge in [0.05, 0.1) is 12.2 Å². The third-order valence-electron chi connectivity index (χ3n) is 2.00. The minimum atomic E-state index is -0.450. The van der Waals surface area contributed by atoms with Gasteiger partial charge < -0.3 is 4.74 Å². The smallest absolute Gasteiger partial charge is 0.320 e. The molecule has 0 aliphatic heterocycles. The molecular formula is C12H19N3O2. The minimum absolute atomic E-state index is 0.0313. The summed E-state index contributed by atoms with van der Waals surface area (Å²) in [6.45, 7) is 7.62. The van der Waals surface area contributed by atoms with Crippen LogP contribution < -0.4 is 5.32 Å². The number of ether oxygens (including phenoxy) is 1.